The molecule has 0 fully saturated rings. The van der Waals surface area contributed by atoms with E-state index >= 15 is 0 Å². The molecule has 3 nitrogen and oxygen atoms in total. The molecule has 0 aromatic heterocycles. The SMILES string of the molecule is N=C(N)C(CO)c1ccccc1. The van der Waals surface area contributed by atoms with E-state index < -0.39 is 0 Å². The van der Waals surface area contributed by atoms with E-state index in [1.54, 1.807) is 0 Å². The molecule has 0 aliphatic carbocycles. The molecule has 1 aromatic carbocycles. The standard InChI is InChI=1S/C9H12N2O/c10-9(11)8(6-12)7-4-2-1-3-5-7/h1-5,8,12H,6H2,(H3,10,11). The maximum absolute atomic E-state index is 8.93. The Balaban J connectivity index is 2.88. The fraction of sp³-hybridized carbons (Fsp3) is 0.222. The molecular formula is C9H12N2O. The average molecular weight is 164 g/mol. The summed E-state index contributed by atoms with van der Waals surface area (Å²) in [6.07, 6.45) is 0. The van der Waals surface area contributed by atoms with Crippen molar-refractivity contribution < 1.29 is 5.11 Å². The fourth-order valence-electron chi connectivity index (χ4n) is 1.07. The predicted molar refractivity (Wildman–Crippen MR) is 48.2 cm³/mol. The monoisotopic (exact) mass is 164 g/mol. The van der Waals surface area contributed by atoms with E-state index in [-0.39, 0.29) is 18.4 Å². The highest BCUT2D eigenvalue weighted by atomic mass is 16.3. The lowest BCUT2D eigenvalue weighted by atomic mass is 9.99. The minimum atomic E-state index is -0.355. The van der Waals surface area contributed by atoms with Crippen LogP contribution in [0.15, 0.2) is 30.3 Å². The Morgan fingerprint density at radius 2 is 2.00 bits per heavy atom. The molecule has 3 heteroatoms. The molecule has 0 spiro atoms. The van der Waals surface area contributed by atoms with Gasteiger partial charge in [-0.3, -0.25) is 5.41 Å². The first kappa shape index (κ1) is 8.74. The number of aliphatic hydroxyl groups excluding tert-OH is 1. The first-order valence-electron chi connectivity index (χ1n) is 3.75. The zero-order valence-corrected chi connectivity index (χ0v) is 6.70. The minimum Gasteiger partial charge on any atom is -0.395 e. The third kappa shape index (κ3) is 1.83. The van der Waals surface area contributed by atoms with Gasteiger partial charge in [-0.25, -0.2) is 0 Å². The number of nitrogens with two attached hydrogens (primary N) is 1. The van der Waals surface area contributed by atoms with Crippen molar-refractivity contribution in [2.45, 2.75) is 5.92 Å². The zero-order valence-electron chi connectivity index (χ0n) is 6.70. The number of benzene rings is 1. The maximum atomic E-state index is 8.93. The summed E-state index contributed by atoms with van der Waals surface area (Å²) in [5.41, 5.74) is 6.18. The average Bonchev–Trinajstić information content (AvgIpc) is 2.07. The number of amidine groups is 1. The van der Waals surface area contributed by atoms with Crippen LogP contribution in [0.5, 0.6) is 0 Å². The van der Waals surface area contributed by atoms with Gasteiger partial charge in [0.25, 0.3) is 0 Å². The molecule has 1 atom stereocenters. The van der Waals surface area contributed by atoms with Crippen molar-refractivity contribution in [2.24, 2.45) is 5.73 Å². The number of nitrogens with one attached hydrogen (secondary N) is 1. The van der Waals surface area contributed by atoms with Gasteiger partial charge in [0.1, 0.15) is 5.84 Å². The maximum Gasteiger partial charge on any atom is 0.101 e. The summed E-state index contributed by atoms with van der Waals surface area (Å²) in [6.45, 7) is -0.112. The van der Waals surface area contributed by atoms with Crippen molar-refractivity contribution in [2.75, 3.05) is 6.61 Å². The van der Waals surface area contributed by atoms with E-state index in [9.17, 15) is 0 Å². The third-order valence-corrected chi connectivity index (χ3v) is 1.76. The van der Waals surface area contributed by atoms with Crippen molar-refractivity contribution in [1.29, 1.82) is 5.41 Å². The number of hydrogen-bond donors (Lipinski definition) is 3. The van der Waals surface area contributed by atoms with E-state index in [0.29, 0.717) is 0 Å². The van der Waals surface area contributed by atoms with E-state index in [1.165, 1.54) is 0 Å². The molecule has 0 aliphatic heterocycles. The van der Waals surface area contributed by atoms with Gasteiger partial charge in [-0.1, -0.05) is 30.3 Å². The van der Waals surface area contributed by atoms with Crippen molar-refractivity contribution >= 4 is 5.84 Å². The first-order valence-corrected chi connectivity index (χ1v) is 3.75. The van der Waals surface area contributed by atoms with Crippen LogP contribution < -0.4 is 5.73 Å². The van der Waals surface area contributed by atoms with Gasteiger partial charge in [0.05, 0.1) is 12.5 Å². The third-order valence-electron chi connectivity index (χ3n) is 1.76. The van der Waals surface area contributed by atoms with Crippen LogP contribution in [0.2, 0.25) is 0 Å². The number of aliphatic hydroxyl groups is 1. The summed E-state index contributed by atoms with van der Waals surface area (Å²) in [5.74, 6) is -0.352. The Morgan fingerprint density at radius 3 is 2.42 bits per heavy atom. The second kappa shape index (κ2) is 3.88. The molecule has 1 aromatic rings. The molecule has 0 amide bonds. The number of hydrogen-bond acceptors (Lipinski definition) is 2. The van der Waals surface area contributed by atoms with E-state index in [4.69, 9.17) is 16.2 Å². The van der Waals surface area contributed by atoms with Gasteiger partial charge in [-0.2, -0.15) is 0 Å². The highest BCUT2D eigenvalue weighted by molar-refractivity contribution is 5.84. The van der Waals surface area contributed by atoms with Gasteiger partial charge in [-0.05, 0) is 5.56 Å². The van der Waals surface area contributed by atoms with Crippen LogP contribution in [-0.4, -0.2) is 17.5 Å². The van der Waals surface area contributed by atoms with Crippen molar-refractivity contribution in [1.82, 2.24) is 0 Å². The van der Waals surface area contributed by atoms with Crippen LogP contribution in [0.4, 0.5) is 0 Å². The molecule has 1 unspecified atom stereocenters. The van der Waals surface area contributed by atoms with Crippen LogP contribution in [0, 0.1) is 5.41 Å². The fourth-order valence-corrected chi connectivity index (χ4v) is 1.07. The largest absolute Gasteiger partial charge is 0.395 e. The highest BCUT2D eigenvalue weighted by Crippen LogP contribution is 2.13. The second-order valence-corrected chi connectivity index (χ2v) is 2.60. The lowest BCUT2D eigenvalue weighted by molar-refractivity contribution is 0.289. The zero-order chi connectivity index (χ0) is 8.97. The van der Waals surface area contributed by atoms with Crippen LogP contribution in [0.1, 0.15) is 11.5 Å². The highest BCUT2D eigenvalue weighted by Gasteiger charge is 2.11. The van der Waals surface area contributed by atoms with Gasteiger partial charge in [0.2, 0.25) is 0 Å². The molecular weight excluding hydrogens is 152 g/mol. The predicted octanol–water partition coefficient (Wildman–Crippen LogP) is 0.698. The van der Waals surface area contributed by atoms with Gasteiger partial charge in [0, 0.05) is 0 Å². The van der Waals surface area contributed by atoms with Crippen LogP contribution in [-0.2, 0) is 0 Å². The lowest BCUT2D eigenvalue weighted by Crippen LogP contribution is -2.23. The summed E-state index contributed by atoms with van der Waals surface area (Å²) in [4.78, 5) is 0. The molecule has 0 saturated heterocycles. The van der Waals surface area contributed by atoms with Gasteiger partial charge in [0.15, 0.2) is 0 Å². The molecule has 1 rings (SSSR count). The molecule has 0 heterocycles. The van der Waals surface area contributed by atoms with Crippen LogP contribution >= 0.6 is 0 Å². The number of rotatable bonds is 3. The topological polar surface area (TPSA) is 70.1 Å². The van der Waals surface area contributed by atoms with Gasteiger partial charge in [-0.15, -0.1) is 0 Å². The summed E-state index contributed by atoms with van der Waals surface area (Å²) < 4.78 is 0. The first-order chi connectivity index (χ1) is 5.75. The molecule has 64 valence electrons. The van der Waals surface area contributed by atoms with E-state index in [1.807, 2.05) is 30.3 Å². The minimum absolute atomic E-state index is 0.00343. The van der Waals surface area contributed by atoms with Gasteiger partial charge < -0.3 is 10.8 Å². The Morgan fingerprint density at radius 1 is 1.42 bits per heavy atom. The van der Waals surface area contributed by atoms with Gasteiger partial charge >= 0.3 is 0 Å². The smallest absolute Gasteiger partial charge is 0.101 e. The van der Waals surface area contributed by atoms with Crippen LogP contribution in [0.3, 0.4) is 0 Å². The Bertz CT molecular complexity index is 258. The Labute approximate surface area is 71.3 Å². The quantitative estimate of drug-likeness (QED) is 0.454. The summed E-state index contributed by atoms with van der Waals surface area (Å²) in [5, 5.41) is 16.1. The Hall–Kier alpha value is -1.35. The molecule has 0 bridgehead atoms. The van der Waals surface area contributed by atoms with Crippen LogP contribution in [0.25, 0.3) is 0 Å². The summed E-state index contributed by atoms with van der Waals surface area (Å²) >= 11 is 0. The van der Waals surface area contributed by atoms with Crippen molar-refractivity contribution in [3.8, 4) is 0 Å². The van der Waals surface area contributed by atoms with E-state index in [2.05, 4.69) is 0 Å². The molecule has 0 radical (unpaired) electrons. The molecule has 0 saturated carbocycles. The second-order valence-electron chi connectivity index (χ2n) is 2.60. The molecule has 4 N–H and O–H groups in total. The summed E-state index contributed by atoms with van der Waals surface area (Å²) in [6, 6.07) is 9.31. The van der Waals surface area contributed by atoms with E-state index in [0.717, 1.165) is 5.56 Å². The lowest BCUT2D eigenvalue weighted by Gasteiger charge is -2.11. The normalized spacial score (nSPS) is 12.4. The molecule has 12 heavy (non-hydrogen) atoms. The summed E-state index contributed by atoms with van der Waals surface area (Å²) in [7, 11) is 0. The van der Waals surface area contributed by atoms with Crippen molar-refractivity contribution in [3.63, 3.8) is 0 Å². The molecule has 0 aliphatic rings. The Kier molecular flexibility index (Phi) is 2.82. The van der Waals surface area contributed by atoms with Crippen molar-refractivity contribution in [3.05, 3.63) is 35.9 Å².